The van der Waals surface area contributed by atoms with Crippen molar-refractivity contribution < 1.29 is 18.7 Å². The van der Waals surface area contributed by atoms with Crippen LogP contribution in [-0.2, 0) is 6.42 Å². The SMILES string of the molecule is CC(=O)c1cc(F)ccc1OCC1Cc2ccccc2O1. The Morgan fingerprint density at radius 2 is 2.14 bits per heavy atom. The largest absolute Gasteiger partial charge is 0.489 e. The van der Waals surface area contributed by atoms with Gasteiger partial charge >= 0.3 is 0 Å². The van der Waals surface area contributed by atoms with E-state index in [1.807, 2.05) is 24.3 Å². The van der Waals surface area contributed by atoms with E-state index in [1.165, 1.54) is 25.1 Å². The van der Waals surface area contributed by atoms with Gasteiger partial charge in [0.1, 0.15) is 30.0 Å². The maximum atomic E-state index is 13.2. The third kappa shape index (κ3) is 2.89. The van der Waals surface area contributed by atoms with Gasteiger partial charge in [-0.25, -0.2) is 4.39 Å². The van der Waals surface area contributed by atoms with E-state index in [1.54, 1.807) is 0 Å². The van der Waals surface area contributed by atoms with Crippen molar-refractivity contribution in [2.45, 2.75) is 19.4 Å². The number of hydrogen-bond donors (Lipinski definition) is 0. The van der Waals surface area contributed by atoms with E-state index < -0.39 is 5.82 Å². The second-order valence-electron chi connectivity index (χ2n) is 5.06. The summed E-state index contributed by atoms with van der Waals surface area (Å²) >= 11 is 0. The van der Waals surface area contributed by atoms with E-state index in [0.717, 1.165) is 17.7 Å². The summed E-state index contributed by atoms with van der Waals surface area (Å²) in [6.45, 7) is 1.71. The van der Waals surface area contributed by atoms with Gasteiger partial charge in [0.25, 0.3) is 0 Å². The molecular formula is C17H15FO3. The summed E-state index contributed by atoms with van der Waals surface area (Å²) in [5.74, 6) is 0.595. The van der Waals surface area contributed by atoms with Crippen LogP contribution in [0.1, 0.15) is 22.8 Å². The number of carbonyl (C=O) groups is 1. The van der Waals surface area contributed by atoms with Crippen LogP contribution in [0.2, 0.25) is 0 Å². The zero-order valence-electron chi connectivity index (χ0n) is 11.6. The van der Waals surface area contributed by atoms with Crippen LogP contribution in [0.4, 0.5) is 4.39 Å². The molecule has 21 heavy (non-hydrogen) atoms. The predicted molar refractivity (Wildman–Crippen MR) is 76.5 cm³/mol. The molecule has 0 saturated carbocycles. The predicted octanol–water partition coefficient (Wildman–Crippen LogP) is 3.41. The molecule has 2 aromatic carbocycles. The fraction of sp³-hybridized carbons (Fsp3) is 0.235. The summed E-state index contributed by atoms with van der Waals surface area (Å²) in [5.41, 5.74) is 1.41. The summed E-state index contributed by atoms with van der Waals surface area (Å²) < 4.78 is 24.6. The number of halogens is 1. The van der Waals surface area contributed by atoms with Crippen molar-refractivity contribution in [3.05, 3.63) is 59.4 Å². The first kappa shape index (κ1) is 13.6. The number of ether oxygens (including phenoxy) is 2. The molecule has 0 aromatic heterocycles. The van der Waals surface area contributed by atoms with Crippen molar-refractivity contribution in [1.29, 1.82) is 0 Å². The Bertz CT molecular complexity index is 656. The topological polar surface area (TPSA) is 35.5 Å². The third-order valence-corrected chi connectivity index (χ3v) is 3.46. The minimum absolute atomic E-state index is 0.0905. The summed E-state index contributed by atoms with van der Waals surface area (Å²) in [5, 5.41) is 0. The number of Topliss-reactive ketones (excluding diaryl/α,β-unsaturated/α-hetero) is 1. The average molecular weight is 286 g/mol. The lowest BCUT2D eigenvalue weighted by molar-refractivity contribution is 0.100. The van der Waals surface area contributed by atoms with E-state index in [4.69, 9.17) is 9.47 Å². The highest BCUT2D eigenvalue weighted by atomic mass is 19.1. The molecule has 0 amide bonds. The van der Waals surface area contributed by atoms with Gasteiger partial charge < -0.3 is 9.47 Å². The zero-order valence-corrected chi connectivity index (χ0v) is 11.6. The van der Waals surface area contributed by atoms with E-state index >= 15 is 0 Å². The molecule has 0 spiro atoms. The van der Waals surface area contributed by atoms with Gasteiger partial charge in [-0.3, -0.25) is 4.79 Å². The first-order valence-electron chi connectivity index (χ1n) is 6.81. The van der Waals surface area contributed by atoms with Gasteiger partial charge in [-0.2, -0.15) is 0 Å². The second kappa shape index (κ2) is 5.56. The Hall–Kier alpha value is -2.36. The van der Waals surface area contributed by atoms with Crippen molar-refractivity contribution in [3.63, 3.8) is 0 Å². The van der Waals surface area contributed by atoms with Gasteiger partial charge in [0.05, 0.1) is 5.56 Å². The fourth-order valence-corrected chi connectivity index (χ4v) is 2.43. The minimum atomic E-state index is -0.447. The monoisotopic (exact) mass is 286 g/mol. The highest BCUT2D eigenvalue weighted by Crippen LogP contribution is 2.29. The molecule has 0 radical (unpaired) electrons. The molecule has 2 aromatic rings. The quantitative estimate of drug-likeness (QED) is 0.808. The number of hydrogen-bond acceptors (Lipinski definition) is 3. The summed E-state index contributed by atoms with van der Waals surface area (Å²) in [4.78, 5) is 11.5. The average Bonchev–Trinajstić information content (AvgIpc) is 2.88. The molecule has 0 bridgehead atoms. The number of carbonyl (C=O) groups excluding carboxylic acids is 1. The van der Waals surface area contributed by atoms with Crippen molar-refractivity contribution in [3.8, 4) is 11.5 Å². The van der Waals surface area contributed by atoms with Crippen LogP contribution in [0.25, 0.3) is 0 Å². The second-order valence-corrected chi connectivity index (χ2v) is 5.06. The summed E-state index contributed by atoms with van der Waals surface area (Å²) in [6, 6.07) is 11.8. The number of ketones is 1. The number of fused-ring (bicyclic) bond motifs is 1. The normalized spacial score (nSPS) is 16.2. The highest BCUT2D eigenvalue weighted by Gasteiger charge is 2.23. The molecule has 1 unspecified atom stereocenters. The van der Waals surface area contributed by atoms with E-state index in [9.17, 15) is 9.18 Å². The van der Waals surface area contributed by atoms with E-state index in [2.05, 4.69) is 0 Å². The maximum Gasteiger partial charge on any atom is 0.163 e. The molecule has 0 fully saturated rings. The lowest BCUT2D eigenvalue weighted by Gasteiger charge is -2.14. The van der Waals surface area contributed by atoms with Gasteiger partial charge in [-0.1, -0.05) is 18.2 Å². The van der Waals surface area contributed by atoms with Crippen LogP contribution in [0.15, 0.2) is 42.5 Å². The number of rotatable bonds is 4. The molecular weight excluding hydrogens is 271 g/mol. The van der Waals surface area contributed by atoms with Gasteiger partial charge in [-0.05, 0) is 36.8 Å². The first-order chi connectivity index (χ1) is 10.1. The smallest absolute Gasteiger partial charge is 0.163 e. The standard InChI is InChI=1S/C17H15FO3/c1-11(19)15-9-13(18)6-7-17(15)20-10-14-8-12-4-2-3-5-16(12)21-14/h2-7,9,14H,8,10H2,1H3. The van der Waals surface area contributed by atoms with Crippen LogP contribution in [0.3, 0.4) is 0 Å². The maximum absolute atomic E-state index is 13.2. The van der Waals surface area contributed by atoms with Gasteiger partial charge in [0.2, 0.25) is 0 Å². The number of benzene rings is 2. The van der Waals surface area contributed by atoms with Crippen LogP contribution in [0, 0.1) is 5.82 Å². The van der Waals surface area contributed by atoms with Gasteiger partial charge in [0, 0.05) is 6.42 Å². The lowest BCUT2D eigenvalue weighted by Crippen LogP contribution is -2.23. The third-order valence-electron chi connectivity index (χ3n) is 3.46. The molecule has 1 heterocycles. The van der Waals surface area contributed by atoms with Crippen LogP contribution < -0.4 is 9.47 Å². The van der Waals surface area contributed by atoms with Gasteiger partial charge in [0.15, 0.2) is 5.78 Å². The van der Waals surface area contributed by atoms with Crippen LogP contribution in [0.5, 0.6) is 11.5 Å². The first-order valence-corrected chi connectivity index (χ1v) is 6.81. The van der Waals surface area contributed by atoms with Crippen molar-refractivity contribution in [2.75, 3.05) is 6.61 Å². The minimum Gasteiger partial charge on any atom is -0.489 e. The molecule has 0 saturated heterocycles. The Balaban J connectivity index is 1.68. The van der Waals surface area contributed by atoms with Gasteiger partial charge in [-0.15, -0.1) is 0 Å². The number of para-hydroxylation sites is 1. The van der Waals surface area contributed by atoms with Crippen molar-refractivity contribution in [1.82, 2.24) is 0 Å². The Morgan fingerprint density at radius 3 is 2.90 bits per heavy atom. The zero-order chi connectivity index (χ0) is 14.8. The van der Waals surface area contributed by atoms with Crippen LogP contribution >= 0.6 is 0 Å². The molecule has 1 aliphatic heterocycles. The van der Waals surface area contributed by atoms with E-state index in [0.29, 0.717) is 12.4 Å². The Labute approximate surface area is 122 Å². The van der Waals surface area contributed by atoms with E-state index in [-0.39, 0.29) is 17.5 Å². The molecule has 0 aliphatic carbocycles. The highest BCUT2D eigenvalue weighted by molar-refractivity contribution is 5.96. The molecule has 1 aliphatic rings. The molecule has 3 nitrogen and oxygen atoms in total. The molecule has 1 atom stereocenters. The lowest BCUT2D eigenvalue weighted by atomic mass is 10.1. The van der Waals surface area contributed by atoms with Crippen molar-refractivity contribution in [2.24, 2.45) is 0 Å². The molecule has 3 rings (SSSR count). The van der Waals surface area contributed by atoms with Crippen molar-refractivity contribution >= 4 is 5.78 Å². The molecule has 0 N–H and O–H groups in total. The fourth-order valence-electron chi connectivity index (χ4n) is 2.43. The Morgan fingerprint density at radius 1 is 1.33 bits per heavy atom. The molecule has 4 heteroatoms. The summed E-state index contributed by atoms with van der Waals surface area (Å²) in [7, 11) is 0. The Kier molecular flexibility index (Phi) is 3.60. The van der Waals surface area contributed by atoms with Crippen LogP contribution in [-0.4, -0.2) is 18.5 Å². The summed E-state index contributed by atoms with van der Waals surface area (Å²) in [6.07, 6.45) is 0.680. The molecule has 108 valence electrons.